The van der Waals surface area contributed by atoms with Crippen LogP contribution < -0.4 is 24.4 Å². The number of methoxy groups -OCH3 is 3. The van der Waals surface area contributed by atoms with Crippen molar-refractivity contribution in [2.45, 2.75) is 6.92 Å². The number of hydrogen-bond acceptors (Lipinski definition) is 7. The molecule has 3 rings (SSSR count). The van der Waals surface area contributed by atoms with Crippen LogP contribution in [-0.4, -0.2) is 63.6 Å². The second-order valence-electron chi connectivity index (χ2n) is 6.11. The molecule has 0 atom stereocenters. The van der Waals surface area contributed by atoms with E-state index >= 15 is 0 Å². The van der Waals surface area contributed by atoms with Gasteiger partial charge in [0.1, 0.15) is 5.76 Å². The maximum absolute atomic E-state index is 12.4. The number of benzene rings is 1. The average molecular weight is 376 g/mol. The minimum atomic E-state index is -0.187. The lowest BCUT2D eigenvalue weighted by atomic mass is 10.2. The van der Waals surface area contributed by atoms with Gasteiger partial charge in [-0.2, -0.15) is 0 Å². The van der Waals surface area contributed by atoms with Crippen molar-refractivity contribution in [1.29, 1.82) is 0 Å². The van der Waals surface area contributed by atoms with Gasteiger partial charge in [0.2, 0.25) is 5.75 Å². The van der Waals surface area contributed by atoms with Crippen LogP contribution in [0.5, 0.6) is 17.2 Å². The zero-order valence-corrected chi connectivity index (χ0v) is 15.9. The molecule has 146 valence electrons. The number of piperazine rings is 1. The van der Waals surface area contributed by atoms with Gasteiger partial charge in [-0.25, -0.2) is 4.79 Å². The summed E-state index contributed by atoms with van der Waals surface area (Å²) in [5, 5.41) is 6.53. The highest BCUT2D eigenvalue weighted by Crippen LogP contribution is 2.41. The highest BCUT2D eigenvalue weighted by Gasteiger charge is 2.24. The summed E-state index contributed by atoms with van der Waals surface area (Å²) in [6.45, 7) is 4.31. The number of urea groups is 1. The SMILES string of the molecule is COc1cc(N2CCN(C(=O)Nc3cc(C)on3)CC2)cc(OC)c1OC. The molecule has 27 heavy (non-hydrogen) atoms. The number of hydrogen-bond donors (Lipinski definition) is 1. The van der Waals surface area contributed by atoms with Crippen molar-refractivity contribution in [3.8, 4) is 17.2 Å². The molecule has 2 heterocycles. The molecule has 9 heteroatoms. The maximum Gasteiger partial charge on any atom is 0.323 e. The Kier molecular flexibility index (Phi) is 5.58. The summed E-state index contributed by atoms with van der Waals surface area (Å²) in [7, 11) is 4.76. The molecule has 0 saturated carbocycles. The standard InChI is InChI=1S/C18H24N4O5/c1-12-9-16(20-27-12)19-18(23)22-7-5-21(6-8-22)13-10-14(24-2)17(26-4)15(11-13)25-3/h9-11H,5-8H2,1-4H3,(H,19,20,23). The van der Waals surface area contributed by atoms with Gasteiger partial charge in [-0.1, -0.05) is 5.16 Å². The lowest BCUT2D eigenvalue weighted by Crippen LogP contribution is -2.50. The molecule has 0 unspecified atom stereocenters. The fraction of sp³-hybridized carbons (Fsp3) is 0.444. The fourth-order valence-electron chi connectivity index (χ4n) is 3.03. The van der Waals surface area contributed by atoms with E-state index in [0.717, 1.165) is 5.69 Å². The van der Waals surface area contributed by atoms with E-state index in [1.165, 1.54) is 0 Å². The summed E-state index contributed by atoms with van der Waals surface area (Å²) in [5.74, 6) is 2.84. The van der Waals surface area contributed by atoms with Crippen molar-refractivity contribution < 1.29 is 23.5 Å². The Morgan fingerprint density at radius 2 is 1.67 bits per heavy atom. The first-order valence-electron chi connectivity index (χ1n) is 8.60. The molecule has 0 radical (unpaired) electrons. The molecule has 2 amide bonds. The van der Waals surface area contributed by atoms with Crippen LogP contribution in [0.4, 0.5) is 16.3 Å². The normalized spacial score (nSPS) is 14.1. The first-order chi connectivity index (χ1) is 13.0. The fourth-order valence-corrected chi connectivity index (χ4v) is 3.03. The summed E-state index contributed by atoms with van der Waals surface area (Å²) >= 11 is 0. The summed E-state index contributed by atoms with van der Waals surface area (Å²) < 4.78 is 21.2. The predicted molar refractivity (Wildman–Crippen MR) is 100 cm³/mol. The third-order valence-corrected chi connectivity index (χ3v) is 4.44. The van der Waals surface area contributed by atoms with Crippen LogP contribution in [0.25, 0.3) is 0 Å². The van der Waals surface area contributed by atoms with Crippen LogP contribution in [0, 0.1) is 6.92 Å². The maximum atomic E-state index is 12.4. The first-order valence-corrected chi connectivity index (χ1v) is 8.60. The summed E-state index contributed by atoms with van der Waals surface area (Å²) in [6, 6.07) is 5.32. The predicted octanol–water partition coefficient (Wildman–Crippen LogP) is 2.36. The minimum Gasteiger partial charge on any atom is -0.493 e. The van der Waals surface area contributed by atoms with Gasteiger partial charge in [-0.3, -0.25) is 5.32 Å². The van der Waals surface area contributed by atoms with Crippen LogP contribution in [0.3, 0.4) is 0 Å². The van der Waals surface area contributed by atoms with E-state index in [1.54, 1.807) is 39.2 Å². The molecular weight excluding hydrogens is 352 g/mol. The number of amides is 2. The van der Waals surface area contributed by atoms with Crippen LogP contribution in [0.1, 0.15) is 5.76 Å². The smallest absolute Gasteiger partial charge is 0.323 e. The van der Waals surface area contributed by atoms with Gasteiger partial charge in [0, 0.05) is 50.1 Å². The Morgan fingerprint density at radius 3 is 2.15 bits per heavy atom. The molecule has 2 aromatic rings. The molecule has 0 spiro atoms. The zero-order chi connectivity index (χ0) is 19.4. The van der Waals surface area contributed by atoms with E-state index in [9.17, 15) is 4.79 Å². The van der Waals surface area contributed by atoms with Gasteiger partial charge in [0.05, 0.1) is 21.3 Å². The Morgan fingerprint density at radius 1 is 1.04 bits per heavy atom. The number of aromatic nitrogens is 1. The van der Waals surface area contributed by atoms with Gasteiger partial charge in [0.25, 0.3) is 0 Å². The van der Waals surface area contributed by atoms with Crippen molar-refractivity contribution >= 4 is 17.5 Å². The van der Waals surface area contributed by atoms with E-state index in [0.29, 0.717) is 55.0 Å². The molecular formula is C18H24N4O5. The monoisotopic (exact) mass is 376 g/mol. The number of ether oxygens (including phenoxy) is 3. The van der Waals surface area contributed by atoms with Gasteiger partial charge in [-0.05, 0) is 6.92 Å². The van der Waals surface area contributed by atoms with E-state index in [4.69, 9.17) is 18.7 Å². The van der Waals surface area contributed by atoms with Gasteiger partial charge >= 0.3 is 6.03 Å². The zero-order valence-electron chi connectivity index (χ0n) is 15.9. The first kappa shape index (κ1) is 18.7. The van der Waals surface area contributed by atoms with Crippen LogP contribution in [0.15, 0.2) is 22.7 Å². The van der Waals surface area contributed by atoms with Crippen LogP contribution in [0.2, 0.25) is 0 Å². The van der Waals surface area contributed by atoms with E-state index in [2.05, 4.69) is 15.4 Å². The quantitative estimate of drug-likeness (QED) is 0.857. The van der Waals surface area contributed by atoms with Crippen molar-refractivity contribution in [3.05, 3.63) is 24.0 Å². The number of anilines is 2. The Bertz CT molecular complexity index is 774. The Balaban J connectivity index is 1.65. The molecule has 1 fully saturated rings. The molecule has 1 N–H and O–H groups in total. The number of nitrogens with zero attached hydrogens (tertiary/aromatic N) is 3. The molecule has 1 aliphatic rings. The molecule has 0 bridgehead atoms. The van der Waals surface area contributed by atoms with E-state index < -0.39 is 0 Å². The molecule has 0 aliphatic carbocycles. The lowest BCUT2D eigenvalue weighted by Gasteiger charge is -2.36. The highest BCUT2D eigenvalue weighted by atomic mass is 16.5. The number of carbonyl (C=O) groups excluding carboxylic acids is 1. The molecule has 9 nitrogen and oxygen atoms in total. The number of aryl methyl sites for hydroxylation is 1. The van der Waals surface area contributed by atoms with Crippen LogP contribution in [-0.2, 0) is 0 Å². The van der Waals surface area contributed by atoms with Gasteiger partial charge in [-0.15, -0.1) is 0 Å². The van der Waals surface area contributed by atoms with Crippen LogP contribution >= 0.6 is 0 Å². The van der Waals surface area contributed by atoms with Crippen molar-refractivity contribution in [3.63, 3.8) is 0 Å². The number of rotatable bonds is 5. The molecule has 1 aromatic carbocycles. The summed E-state index contributed by atoms with van der Waals surface area (Å²) in [5.41, 5.74) is 0.955. The molecule has 1 aromatic heterocycles. The number of nitrogens with one attached hydrogen (secondary N) is 1. The second-order valence-corrected chi connectivity index (χ2v) is 6.11. The largest absolute Gasteiger partial charge is 0.493 e. The van der Waals surface area contributed by atoms with Gasteiger partial charge < -0.3 is 28.5 Å². The second kappa shape index (κ2) is 8.07. The topological polar surface area (TPSA) is 89.3 Å². The number of carbonyl (C=O) groups is 1. The summed E-state index contributed by atoms with van der Waals surface area (Å²) in [6.07, 6.45) is 0. The van der Waals surface area contributed by atoms with Gasteiger partial charge in [0.15, 0.2) is 17.3 Å². The minimum absolute atomic E-state index is 0.187. The third-order valence-electron chi connectivity index (χ3n) is 4.44. The van der Waals surface area contributed by atoms with E-state index in [-0.39, 0.29) is 6.03 Å². The highest BCUT2D eigenvalue weighted by molar-refractivity contribution is 5.88. The average Bonchev–Trinajstić information content (AvgIpc) is 3.11. The van der Waals surface area contributed by atoms with Crippen molar-refractivity contribution in [2.75, 3.05) is 57.7 Å². The molecule has 1 aliphatic heterocycles. The Labute approximate surface area is 157 Å². The third kappa shape index (κ3) is 4.02. The Hall–Kier alpha value is -3.10. The van der Waals surface area contributed by atoms with E-state index in [1.807, 2.05) is 12.1 Å². The lowest BCUT2D eigenvalue weighted by molar-refractivity contribution is 0.208. The summed E-state index contributed by atoms with van der Waals surface area (Å²) in [4.78, 5) is 16.3. The molecule has 1 saturated heterocycles. The van der Waals surface area contributed by atoms with Crippen molar-refractivity contribution in [2.24, 2.45) is 0 Å². The van der Waals surface area contributed by atoms with Crippen molar-refractivity contribution in [1.82, 2.24) is 10.1 Å².